The SMILES string of the molecule is O=C(O)CCCN1C(=O)C2C3CC(C2C1=O)C1C3Sc2[nH]c(=O)sc2[C@@H]1c1ccccc1. The number of benzene rings is 1. The normalized spacial score (nSPS) is 34.5. The number of hydrogen-bond acceptors (Lipinski definition) is 6. The fraction of sp³-hybridized carbons (Fsp3) is 0.478. The molecule has 2 aromatic rings. The van der Waals surface area contributed by atoms with Crippen LogP contribution in [0.15, 0.2) is 40.2 Å². The molecule has 2 N–H and O–H groups in total. The van der Waals surface area contributed by atoms with E-state index in [9.17, 15) is 19.2 Å². The van der Waals surface area contributed by atoms with E-state index in [1.54, 1.807) is 11.8 Å². The van der Waals surface area contributed by atoms with Crippen LogP contribution >= 0.6 is 23.1 Å². The molecule has 1 saturated heterocycles. The zero-order valence-electron chi connectivity index (χ0n) is 17.1. The molecular weight excluding hydrogens is 448 g/mol. The number of thioether (sulfide) groups is 1. The van der Waals surface area contributed by atoms with Gasteiger partial charge in [-0.1, -0.05) is 41.7 Å². The predicted molar refractivity (Wildman–Crippen MR) is 119 cm³/mol. The highest BCUT2D eigenvalue weighted by Crippen LogP contribution is 2.68. The van der Waals surface area contributed by atoms with Crippen molar-refractivity contribution in [3.05, 3.63) is 50.4 Å². The van der Waals surface area contributed by atoms with Gasteiger partial charge in [0.2, 0.25) is 11.8 Å². The molecule has 32 heavy (non-hydrogen) atoms. The molecule has 6 unspecified atom stereocenters. The minimum atomic E-state index is -0.919. The van der Waals surface area contributed by atoms with Crippen molar-refractivity contribution in [3.8, 4) is 0 Å². The zero-order chi connectivity index (χ0) is 22.1. The van der Waals surface area contributed by atoms with Gasteiger partial charge in [-0.3, -0.25) is 24.1 Å². The van der Waals surface area contributed by atoms with Crippen molar-refractivity contribution in [1.29, 1.82) is 0 Å². The summed E-state index contributed by atoms with van der Waals surface area (Å²) in [7, 11) is 0. The van der Waals surface area contributed by atoms with Gasteiger partial charge in [-0.05, 0) is 36.2 Å². The van der Waals surface area contributed by atoms with Crippen LogP contribution in [-0.4, -0.2) is 44.6 Å². The van der Waals surface area contributed by atoms with Gasteiger partial charge >= 0.3 is 10.8 Å². The minimum Gasteiger partial charge on any atom is -0.481 e. The van der Waals surface area contributed by atoms with Crippen LogP contribution in [0.5, 0.6) is 0 Å². The Bertz CT molecular complexity index is 1170. The number of carboxylic acids is 1. The lowest BCUT2D eigenvalue weighted by molar-refractivity contribution is -0.142. The second kappa shape index (κ2) is 7.31. The van der Waals surface area contributed by atoms with Crippen molar-refractivity contribution in [2.75, 3.05) is 6.54 Å². The predicted octanol–water partition coefficient (Wildman–Crippen LogP) is 2.77. The lowest BCUT2D eigenvalue weighted by Gasteiger charge is -2.43. The average molecular weight is 471 g/mol. The van der Waals surface area contributed by atoms with E-state index >= 15 is 0 Å². The summed E-state index contributed by atoms with van der Waals surface area (Å²) in [4.78, 5) is 55.0. The first-order chi connectivity index (χ1) is 15.5. The fourth-order valence-corrected chi connectivity index (χ4v) is 9.61. The van der Waals surface area contributed by atoms with Gasteiger partial charge in [0.05, 0.1) is 16.9 Å². The third kappa shape index (κ3) is 2.80. The number of imide groups is 1. The first-order valence-corrected chi connectivity index (χ1v) is 12.7. The molecule has 7 nitrogen and oxygen atoms in total. The molecule has 0 spiro atoms. The number of fused-ring (bicyclic) bond motifs is 9. The van der Waals surface area contributed by atoms with Gasteiger partial charge in [-0.2, -0.15) is 0 Å². The molecule has 9 heteroatoms. The summed E-state index contributed by atoms with van der Waals surface area (Å²) in [6.45, 7) is 0.182. The Kier molecular flexibility index (Phi) is 4.62. The maximum Gasteiger partial charge on any atom is 0.305 e. The van der Waals surface area contributed by atoms with E-state index in [0.717, 1.165) is 21.9 Å². The third-order valence-electron chi connectivity index (χ3n) is 7.75. The quantitative estimate of drug-likeness (QED) is 0.651. The van der Waals surface area contributed by atoms with Crippen molar-refractivity contribution in [2.24, 2.45) is 29.6 Å². The number of rotatable bonds is 5. The summed E-state index contributed by atoms with van der Waals surface area (Å²) in [6.07, 6.45) is 1.10. The van der Waals surface area contributed by atoms with Crippen LogP contribution in [0, 0.1) is 29.6 Å². The van der Waals surface area contributed by atoms with Gasteiger partial charge in [0, 0.05) is 29.0 Å². The number of nitrogens with zero attached hydrogens (tertiary/aromatic N) is 1. The van der Waals surface area contributed by atoms with Crippen molar-refractivity contribution >= 4 is 40.9 Å². The van der Waals surface area contributed by atoms with Crippen LogP contribution in [0.25, 0.3) is 0 Å². The number of thiazole rings is 1. The van der Waals surface area contributed by atoms with Gasteiger partial charge < -0.3 is 10.1 Å². The van der Waals surface area contributed by atoms with E-state index < -0.39 is 5.97 Å². The van der Waals surface area contributed by atoms with Gasteiger partial charge in [-0.25, -0.2) is 0 Å². The summed E-state index contributed by atoms with van der Waals surface area (Å²) in [5.74, 6) is -1.36. The number of amides is 2. The number of H-pyrrole nitrogens is 1. The van der Waals surface area contributed by atoms with Crippen molar-refractivity contribution in [2.45, 2.75) is 35.5 Å². The topological polar surface area (TPSA) is 108 Å². The summed E-state index contributed by atoms with van der Waals surface area (Å²) < 4.78 is 0. The van der Waals surface area contributed by atoms with Crippen LogP contribution in [0.1, 0.15) is 35.6 Å². The summed E-state index contributed by atoms with van der Waals surface area (Å²) in [5.41, 5.74) is 1.15. The summed E-state index contributed by atoms with van der Waals surface area (Å²) in [6, 6.07) is 10.2. The molecule has 2 saturated carbocycles. The largest absolute Gasteiger partial charge is 0.481 e. The van der Waals surface area contributed by atoms with Crippen LogP contribution in [0.3, 0.4) is 0 Å². The van der Waals surface area contributed by atoms with Crippen LogP contribution < -0.4 is 4.87 Å². The first kappa shape index (κ1) is 20.2. The van der Waals surface area contributed by atoms with Crippen molar-refractivity contribution in [1.82, 2.24) is 9.88 Å². The molecule has 3 heterocycles. The highest BCUT2D eigenvalue weighted by molar-refractivity contribution is 8.00. The molecule has 2 aliphatic heterocycles. The van der Waals surface area contributed by atoms with Gasteiger partial charge in [-0.15, -0.1) is 11.8 Å². The lowest BCUT2D eigenvalue weighted by Crippen LogP contribution is -2.42. The number of nitrogens with one attached hydrogen (secondary N) is 1. The molecule has 2 aliphatic carbocycles. The molecule has 3 fully saturated rings. The van der Waals surface area contributed by atoms with Crippen LogP contribution in [0.2, 0.25) is 0 Å². The summed E-state index contributed by atoms with van der Waals surface area (Å²) in [5, 5.41) is 10.0. The van der Waals surface area contributed by atoms with Crippen molar-refractivity contribution in [3.63, 3.8) is 0 Å². The van der Waals surface area contributed by atoms with E-state index in [4.69, 9.17) is 5.11 Å². The van der Waals surface area contributed by atoms with Gasteiger partial charge in [0.25, 0.3) is 0 Å². The number of aromatic amines is 1. The fourth-order valence-electron chi connectivity index (χ4n) is 6.72. The van der Waals surface area contributed by atoms with E-state index in [0.29, 0.717) is 0 Å². The highest BCUT2D eigenvalue weighted by atomic mass is 32.2. The van der Waals surface area contributed by atoms with E-state index in [1.807, 2.05) is 18.2 Å². The van der Waals surface area contributed by atoms with E-state index in [-0.39, 0.29) is 76.8 Å². The second-order valence-electron chi connectivity index (χ2n) is 9.20. The summed E-state index contributed by atoms with van der Waals surface area (Å²) >= 11 is 2.94. The minimum absolute atomic E-state index is 0.0429. The van der Waals surface area contributed by atoms with Gasteiger partial charge in [0.15, 0.2) is 0 Å². The zero-order valence-corrected chi connectivity index (χ0v) is 18.7. The standard InChI is InChI=1S/C23H22N2O5S2/c26-13(27)7-4-8-25-21(28)16-11-9-12(17(16)22(25)29)18-15(11)14(10-5-2-1-3-6-10)19-20(31-18)24-23(30)32-19/h1-3,5-6,11-12,14-18H,4,7-9H2,(H,24,30)(H,26,27)/t11?,12?,14-,15?,16?,17?,18?/m1/s1. The monoisotopic (exact) mass is 470 g/mol. The average Bonchev–Trinajstić information content (AvgIpc) is 3.49. The smallest absolute Gasteiger partial charge is 0.305 e. The number of carbonyl (C=O) groups excluding carboxylic acids is 2. The number of aliphatic carboxylic acids is 1. The van der Waals surface area contributed by atoms with E-state index in [2.05, 4.69) is 17.1 Å². The molecular formula is C23H22N2O5S2. The molecule has 2 amide bonds. The Morgan fingerprint density at radius 2 is 1.81 bits per heavy atom. The molecule has 2 bridgehead atoms. The van der Waals surface area contributed by atoms with E-state index in [1.165, 1.54) is 16.2 Å². The Labute approximate surface area is 192 Å². The van der Waals surface area contributed by atoms with Crippen LogP contribution in [-0.2, 0) is 14.4 Å². The first-order valence-electron chi connectivity index (χ1n) is 11.0. The molecule has 1 aromatic heterocycles. The third-order valence-corrected chi connectivity index (χ3v) is 10.3. The Hall–Kier alpha value is -2.39. The van der Waals surface area contributed by atoms with Gasteiger partial charge in [0.1, 0.15) is 0 Å². The molecule has 0 radical (unpaired) electrons. The number of carboxylic acid groups (broad SMARTS) is 1. The number of aromatic nitrogens is 1. The second-order valence-corrected chi connectivity index (χ2v) is 11.4. The highest BCUT2D eigenvalue weighted by Gasteiger charge is 2.69. The Morgan fingerprint density at radius 3 is 2.53 bits per heavy atom. The molecule has 1 aromatic carbocycles. The molecule has 166 valence electrons. The number of carbonyl (C=O) groups is 3. The lowest BCUT2D eigenvalue weighted by atomic mass is 9.68. The van der Waals surface area contributed by atoms with Crippen molar-refractivity contribution < 1.29 is 19.5 Å². The number of likely N-dealkylation sites (tertiary alicyclic amines) is 1. The Balaban J connectivity index is 1.37. The maximum atomic E-state index is 13.3. The number of hydrogen-bond donors (Lipinski definition) is 2. The van der Waals surface area contributed by atoms with Crippen LogP contribution in [0.4, 0.5) is 0 Å². The maximum absolute atomic E-state index is 13.3. The molecule has 7 atom stereocenters. The molecule has 6 rings (SSSR count). The Morgan fingerprint density at radius 1 is 1.09 bits per heavy atom. The molecule has 4 aliphatic rings.